The van der Waals surface area contributed by atoms with Gasteiger partial charge in [0, 0.05) is 32.6 Å². The molecule has 2 amide bonds. The van der Waals surface area contributed by atoms with Crippen LogP contribution >= 0.6 is 11.3 Å². The lowest BCUT2D eigenvalue weighted by Crippen LogP contribution is -2.35. The number of hydrogen-bond donors (Lipinski definition) is 0. The minimum atomic E-state index is 0.0339. The lowest BCUT2D eigenvalue weighted by Gasteiger charge is -2.22. The zero-order valence-corrected chi connectivity index (χ0v) is 15.3. The summed E-state index contributed by atoms with van der Waals surface area (Å²) in [6.45, 7) is 4.11. The van der Waals surface area contributed by atoms with Gasteiger partial charge in [-0.1, -0.05) is 12.1 Å². The molecule has 1 aliphatic heterocycles. The van der Waals surface area contributed by atoms with Gasteiger partial charge in [-0.15, -0.1) is 11.3 Å². The molecule has 2 heterocycles. The van der Waals surface area contributed by atoms with Crippen LogP contribution in [0.15, 0.2) is 35.7 Å². The van der Waals surface area contributed by atoms with Crippen LogP contribution in [0.3, 0.4) is 0 Å². The van der Waals surface area contributed by atoms with E-state index in [2.05, 4.69) is 0 Å². The SMILES string of the molecule is COc1ccc(CN2CCN(C(=O)c3sccc3C)CCC2=O)cc1. The van der Waals surface area contributed by atoms with Crippen molar-refractivity contribution in [2.24, 2.45) is 0 Å². The lowest BCUT2D eigenvalue weighted by atomic mass is 10.2. The highest BCUT2D eigenvalue weighted by molar-refractivity contribution is 7.12. The summed E-state index contributed by atoms with van der Waals surface area (Å²) in [6, 6.07) is 9.68. The summed E-state index contributed by atoms with van der Waals surface area (Å²) in [4.78, 5) is 29.5. The van der Waals surface area contributed by atoms with Crippen LogP contribution in [-0.4, -0.2) is 48.4 Å². The summed E-state index contributed by atoms with van der Waals surface area (Å²) < 4.78 is 5.16. The Balaban J connectivity index is 1.65. The molecular formula is C19H22N2O3S. The number of thiophene rings is 1. The molecule has 0 aliphatic carbocycles. The van der Waals surface area contributed by atoms with E-state index in [1.807, 2.05) is 47.5 Å². The fourth-order valence-corrected chi connectivity index (χ4v) is 3.82. The van der Waals surface area contributed by atoms with Crippen molar-refractivity contribution in [2.75, 3.05) is 26.7 Å². The number of methoxy groups -OCH3 is 1. The van der Waals surface area contributed by atoms with E-state index >= 15 is 0 Å². The van der Waals surface area contributed by atoms with E-state index in [0.717, 1.165) is 21.8 Å². The molecule has 0 unspecified atom stereocenters. The predicted octanol–water partition coefficient (Wildman–Crippen LogP) is 2.94. The first-order valence-electron chi connectivity index (χ1n) is 8.32. The van der Waals surface area contributed by atoms with Crippen molar-refractivity contribution in [2.45, 2.75) is 19.9 Å². The maximum Gasteiger partial charge on any atom is 0.264 e. The Morgan fingerprint density at radius 1 is 1.16 bits per heavy atom. The van der Waals surface area contributed by atoms with Crippen LogP contribution in [0.2, 0.25) is 0 Å². The van der Waals surface area contributed by atoms with Crippen molar-refractivity contribution in [1.82, 2.24) is 9.80 Å². The standard InChI is InChI=1S/C19H22N2O3S/c1-14-8-12-25-18(14)19(23)20-9-7-17(22)21(11-10-20)13-15-3-5-16(24-2)6-4-15/h3-6,8,12H,7,9-11,13H2,1-2H3. The first-order valence-corrected chi connectivity index (χ1v) is 9.20. The second kappa shape index (κ2) is 7.70. The molecule has 0 N–H and O–H groups in total. The molecule has 0 atom stereocenters. The second-order valence-electron chi connectivity index (χ2n) is 6.14. The Morgan fingerprint density at radius 2 is 1.92 bits per heavy atom. The molecule has 0 radical (unpaired) electrons. The molecule has 1 saturated heterocycles. The molecule has 2 aromatic rings. The molecule has 0 spiro atoms. The Labute approximate surface area is 151 Å². The van der Waals surface area contributed by atoms with E-state index in [4.69, 9.17) is 4.74 Å². The summed E-state index contributed by atoms with van der Waals surface area (Å²) >= 11 is 1.46. The van der Waals surface area contributed by atoms with Gasteiger partial charge < -0.3 is 14.5 Å². The van der Waals surface area contributed by atoms with Crippen molar-refractivity contribution >= 4 is 23.2 Å². The predicted molar refractivity (Wildman–Crippen MR) is 98.0 cm³/mol. The molecule has 6 heteroatoms. The monoisotopic (exact) mass is 358 g/mol. The largest absolute Gasteiger partial charge is 0.497 e. The molecule has 132 valence electrons. The number of carbonyl (C=O) groups excluding carboxylic acids is 2. The molecule has 5 nitrogen and oxygen atoms in total. The summed E-state index contributed by atoms with van der Waals surface area (Å²) in [5.74, 6) is 0.926. The highest BCUT2D eigenvalue weighted by atomic mass is 32.1. The van der Waals surface area contributed by atoms with Crippen LogP contribution in [0, 0.1) is 6.92 Å². The van der Waals surface area contributed by atoms with Crippen molar-refractivity contribution in [3.8, 4) is 5.75 Å². The van der Waals surface area contributed by atoms with Gasteiger partial charge in [-0.2, -0.15) is 0 Å². The van der Waals surface area contributed by atoms with Gasteiger partial charge in [-0.05, 0) is 41.6 Å². The van der Waals surface area contributed by atoms with E-state index in [9.17, 15) is 9.59 Å². The number of ether oxygens (including phenoxy) is 1. The van der Waals surface area contributed by atoms with Crippen LogP contribution < -0.4 is 4.74 Å². The number of benzene rings is 1. The molecule has 0 bridgehead atoms. The second-order valence-corrected chi connectivity index (χ2v) is 7.05. The normalized spacial score (nSPS) is 15.2. The zero-order chi connectivity index (χ0) is 17.8. The van der Waals surface area contributed by atoms with Gasteiger partial charge in [0.2, 0.25) is 5.91 Å². The van der Waals surface area contributed by atoms with E-state index in [-0.39, 0.29) is 11.8 Å². The molecule has 0 saturated carbocycles. The average Bonchev–Trinajstić information content (AvgIpc) is 2.97. The Bertz CT molecular complexity index is 754. The van der Waals surface area contributed by atoms with Crippen molar-refractivity contribution in [3.63, 3.8) is 0 Å². The highest BCUT2D eigenvalue weighted by Crippen LogP contribution is 2.20. The molecular weight excluding hydrogens is 336 g/mol. The number of nitrogens with zero attached hydrogens (tertiary/aromatic N) is 2. The van der Waals surface area contributed by atoms with E-state index in [0.29, 0.717) is 32.6 Å². The van der Waals surface area contributed by atoms with E-state index in [1.165, 1.54) is 11.3 Å². The summed E-state index contributed by atoms with van der Waals surface area (Å²) in [5, 5.41) is 1.93. The van der Waals surface area contributed by atoms with Gasteiger partial charge in [0.25, 0.3) is 5.91 Å². The minimum absolute atomic E-state index is 0.0339. The van der Waals surface area contributed by atoms with Gasteiger partial charge in [0.15, 0.2) is 0 Å². The molecule has 25 heavy (non-hydrogen) atoms. The number of hydrogen-bond acceptors (Lipinski definition) is 4. The first kappa shape index (κ1) is 17.5. The van der Waals surface area contributed by atoms with Gasteiger partial charge >= 0.3 is 0 Å². The third kappa shape index (κ3) is 4.02. The van der Waals surface area contributed by atoms with Gasteiger partial charge in [0.05, 0.1) is 12.0 Å². The number of carbonyl (C=O) groups is 2. The maximum absolute atomic E-state index is 12.7. The zero-order valence-electron chi connectivity index (χ0n) is 14.5. The Morgan fingerprint density at radius 3 is 2.56 bits per heavy atom. The van der Waals surface area contributed by atoms with Gasteiger partial charge in [-0.25, -0.2) is 0 Å². The van der Waals surface area contributed by atoms with Gasteiger partial charge in [-0.3, -0.25) is 9.59 Å². The number of amides is 2. The number of aryl methyl sites for hydroxylation is 1. The Hall–Kier alpha value is -2.34. The van der Waals surface area contributed by atoms with Crippen molar-refractivity contribution < 1.29 is 14.3 Å². The summed E-state index contributed by atoms with van der Waals surface area (Å²) in [5.41, 5.74) is 2.06. The fraction of sp³-hybridized carbons (Fsp3) is 0.368. The topological polar surface area (TPSA) is 49.9 Å². The molecule has 1 fully saturated rings. The van der Waals surface area contributed by atoms with Crippen LogP contribution in [0.5, 0.6) is 5.75 Å². The fourth-order valence-electron chi connectivity index (χ4n) is 2.92. The first-order chi connectivity index (χ1) is 12.1. The summed E-state index contributed by atoms with van der Waals surface area (Å²) in [7, 11) is 1.63. The summed E-state index contributed by atoms with van der Waals surface area (Å²) in [6.07, 6.45) is 0.367. The van der Waals surface area contributed by atoms with Crippen LogP contribution in [0.4, 0.5) is 0 Å². The smallest absolute Gasteiger partial charge is 0.264 e. The minimum Gasteiger partial charge on any atom is -0.497 e. The molecule has 1 aromatic carbocycles. The lowest BCUT2D eigenvalue weighted by molar-refractivity contribution is -0.130. The molecule has 3 rings (SSSR count). The van der Waals surface area contributed by atoms with Crippen LogP contribution in [0.1, 0.15) is 27.2 Å². The third-order valence-corrected chi connectivity index (χ3v) is 5.47. The van der Waals surface area contributed by atoms with Crippen LogP contribution in [0.25, 0.3) is 0 Å². The average molecular weight is 358 g/mol. The Kier molecular flexibility index (Phi) is 5.38. The third-order valence-electron chi connectivity index (χ3n) is 4.46. The van der Waals surface area contributed by atoms with E-state index in [1.54, 1.807) is 12.0 Å². The van der Waals surface area contributed by atoms with Crippen molar-refractivity contribution in [3.05, 3.63) is 51.7 Å². The quantitative estimate of drug-likeness (QED) is 0.844. The van der Waals surface area contributed by atoms with E-state index < -0.39 is 0 Å². The van der Waals surface area contributed by atoms with Crippen LogP contribution in [-0.2, 0) is 11.3 Å². The maximum atomic E-state index is 12.7. The highest BCUT2D eigenvalue weighted by Gasteiger charge is 2.25. The molecule has 1 aliphatic rings. The van der Waals surface area contributed by atoms with Gasteiger partial charge in [0.1, 0.15) is 5.75 Å². The number of rotatable bonds is 4. The van der Waals surface area contributed by atoms with Crippen molar-refractivity contribution in [1.29, 1.82) is 0 Å². The molecule has 1 aromatic heterocycles.